The molecule has 2 nitrogen and oxygen atoms in total. The monoisotopic (exact) mass is 238 g/mol. The van der Waals surface area contributed by atoms with Gasteiger partial charge in [-0.1, -0.05) is 24.3 Å². The number of aromatic nitrogens is 1. The molecule has 0 saturated heterocycles. The molecule has 0 aliphatic rings. The van der Waals surface area contributed by atoms with E-state index in [0.29, 0.717) is 0 Å². The lowest BCUT2D eigenvalue weighted by atomic mass is 9.99. The predicted molar refractivity (Wildman–Crippen MR) is 79.3 cm³/mol. The van der Waals surface area contributed by atoms with Crippen LogP contribution in [-0.2, 0) is 0 Å². The topological polar surface area (TPSA) is 25.2 Å². The molecule has 2 heteroatoms. The second-order valence-corrected chi connectivity index (χ2v) is 4.40. The number of hydrogen-bond acceptors (Lipinski definition) is 2. The van der Waals surface area contributed by atoms with Crippen molar-refractivity contribution in [1.29, 1.82) is 0 Å². The summed E-state index contributed by atoms with van der Waals surface area (Å²) in [5, 5.41) is 2.49. The molecule has 0 spiro atoms. The standard InChI is InChI=1S/C16H18N2/c1-5-13(9-17-4)16-12(3)14-8-6-7-11(2)15(14)10-18-16/h5-10H,1-4H3/b13-5+,17-9?. The summed E-state index contributed by atoms with van der Waals surface area (Å²) in [6.45, 7) is 6.25. The van der Waals surface area contributed by atoms with Crippen molar-refractivity contribution < 1.29 is 0 Å². The Morgan fingerprint density at radius 2 is 2.00 bits per heavy atom. The van der Waals surface area contributed by atoms with Crippen molar-refractivity contribution in [1.82, 2.24) is 4.98 Å². The molecule has 1 aromatic heterocycles. The maximum absolute atomic E-state index is 4.60. The highest BCUT2D eigenvalue weighted by Gasteiger charge is 2.08. The van der Waals surface area contributed by atoms with E-state index < -0.39 is 0 Å². The summed E-state index contributed by atoms with van der Waals surface area (Å²) in [7, 11) is 1.78. The van der Waals surface area contributed by atoms with Gasteiger partial charge in [-0.05, 0) is 37.3 Å². The molecular formula is C16H18N2. The molecule has 0 aliphatic heterocycles. The zero-order valence-electron chi connectivity index (χ0n) is 11.4. The number of nitrogens with zero attached hydrogens (tertiary/aromatic N) is 2. The molecule has 0 unspecified atom stereocenters. The minimum atomic E-state index is 1.02. The molecule has 2 aromatic rings. The van der Waals surface area contributed by atoms with E-state index in [2.05, 4.69) is 42.0 Å². The number of fused-ring (bicyclic) bond motifs is 1. The first-order valence-electron chi connectivity index (χ1n) is 6.12. The van der Waals surface area contributed by atoms with E-state index in [4.69, 9.17) is 0 Å². The third kappa shape index (κ3) is 2.06. The summed E-state index contributed by atoms with van der Waals surface area (Å²) in [5.41, 5.74) is 4.56. The van der Waals surface area contributed by atoms with Crippen LogP contribution in [-0.4, -0.2) is 18.2 Å². The largest absolute Gasteiger partial charge is 0.296 e. The van der Waals surface area contributed by atoms with E-state index in [9.17, 15) is 0 Å². The molecule has 1 heterocycles. The second-order valence-electron chi connectivity index (χ2n) is 4.40. The van der Waals surface area contributed by atoms with Gasteiger partial charge in [0.25, 0.3) is 0 Å². The first-order valence-corrected chi connectivity index (χ1v) is 6.12. The van der Waals surface area contributed by atoms with Crippen molar-refractivity contribution in [2.24, 2.45) is 4.99 Å². The minimum absolute atomic E-state index is 1.02. The summed E-state index contributed by atoms with van der Waals surface area (Å²) in [6.07, 6.45) is 5.86. The van der Waals surface area contributed by atoms with Crippen LogP contribution in [0.3, 0.4) is 0 Å². The molecule has 0 bridgehead atoms. The smallest absolute Gasteiger partial charge is 0.0749 e. The normalized spacial score (nSPS) is 12.6. The van der Waals surface area contributed by atoms with E-state index in [-0.39, 0.29) is 0 Å². The molecule has 2 rings (SSSR count). The van der Waals surface area contributed by atoms with Gasteiger partial charge < -0.3 is 0 Å². The van der Waals surface area contributed by atoms with Gasteiger partial charge in [-0.2, -0.15) is 0 Å². The molecule has 0 saturated carbocycles. The van der Waals surface area contributed by atoms with Gasteiger partial charge in [0.15, 0.2) is 0 Å². The fourth-order valence-corrected chi connectivity index (χ4v) is 2.24. The first kappa shape index (κ1) is 12.5. The van der Waals surface area contributed by atoms with Crippen LogP contribution in [0.15, 0.2) is 35.5 Å². The molecule has 92 valence electrons. The summed E-state index contributed by atoms with van der Waals surface area (Å²) < 4.78 is 0. The lowest BCUT2D eigenvalue weighted by molar-refractivity contribution is 1.25. The predicted octanol–water partition coefficient (Wildman–Crippen LogP) is 3.96. The number of allylic oxidation sites excluding steroid dienone is 2. The molecule has 18 heavy (non-hydrogen) atoms. The highest BCUT2D eigenvalue weighted by molar-refractivity contribution is 6.10. The van der Waals surface area contributed by atoms with Gasteiger partial charge in [0, 0.05) is 30.4 Å². The van der Waals surface area contributed by atoms with Gasteiger partial charge in [0.2, 0.25) is 0 Å². The van der Waals surface area contributed by atoms with E-state index >= 15 is 0 Å². The fraction of sp³-hybridized carbons (Fsp3) is 0.250. The summed E-state index contributed by atoms with van der Waals surface area (Å²) in [6, 6.07) is 6.37. The Labute approximate surface area is 108 Å². The SMILES string of the molecule is C/C=C(\C=NC)c1ncc2c(C)cccc2c1C. The maximum Gasteiger partial charge on any atom is 0.0749 e. The molecular weight excluding hydrogens is 220 g/mol. The fourth-order valence-electron chi connectivity index (χ4n) is 2.24. The number of aliphatic imine (C=N–C) groups is 1. The molecule has 0 N–H and O–H groups in total. The van der Waals surface area contributed by atoms with Gasteiger partial charge in [0.1, 0.15) is 0 Å². The number of pyridine rings is 1. The number of aryl methyl sites for hydroxylation is 2. The Balaban J connectivity index is 2.73. The van der Waals surface area contributed by atoms with Crippen LogP contribution < -0.4 is 0 Å². The average Bonchev–Trinajstić information content (AvgIpc) is 2.38. The summed E-state index contributed by atoms with van der Waals surface area (Å²) >= 11 is 0. The van der Waals surface area contributed by atoms with Crippen molar-refractivity contribution in [3.05, 3.63) is 47.3 Å². The number of rotatable bonds is 2. The average molecular weight is 238 g/mol. The van der Waals surface area contributed by atoms with Gasteiger partial charge in [-0.25, -0.2) is 0 Å². The Morgan fingerprint density at radius 1 is 1.22 bits per heavy atom. The van der Waals surface area contributed by atoms with Crippen LogP contribution in [0.25, 0.3) is 16.3 Å². The minimum Gasteiger partial charge on any atom is -0.296 e. The summed E-state index contributed by atoms with van der Waals surface area (Å²) in [5.74, 6) is 0. The van der Waals surface area contributed by atoms with Crippen LogP contribution in [0.1, 0.15) is 23.7 Å². The van der Waals surface area contributed by atoms with E-state index in [1.807, 2.05) is 25.4 Å². The van der Waals surface area contributed by atoms with Crippen LogP contribution in [0.4, 0.5) is 0 Å². The van der Waals surface area contributed by atoms with Crippen LogP contribution in [0.5, 0.6) is 0 Å². The Bertz CT molecular complexity index is 637. The quantitative estimate of drug-likeness (QED) is 0.727. The van der Waals surface area contributed by atoms with Gasteiger partial charge in [-0.15, -0.1) is 0 Å². The van der Waals surface area contributed by atoms with E-state index in [1.165, 1.54) is 21.9 Å². The Hall–Kier alpha value is -1.96. The second kappa shape index (κ2) is 5.13. The van der Waals surface area contributed by atoms with Gasteiger partial charge in [-0.3, -0.25) is 9.98 Å². The third-order valence-electron chi connectivity index (χ3n) is 3.26. The Kier molecular flexibility index (Phi) is 3.56. The number of benzene rings is 1. The molecule has 0 fully saturated rings. The Morgan fingerprint density at radius 3 is 2.67 bits per heavy atom. The lowest BCUT2D eigenvalue weighted by Crippen LogP contribution is -1.96. The first-order chi connectivity index (χ1) is 8.69. The van der Waals surface area contributed by atoms with Crippen molar-refractivity contribution >= 4 is 22.6 Å². The zero-order valence-corrected chi connectivity index (χ0v) is 11.4. The molecule has 0 amide bonds. The maximum atomic E-state index is 4.60. The third-order valence-corrected chi connectivity index (χ3v) is 3.26. The van der Waals surface area contributed by atoms with Crippen molar-refractivity contribution in [2.75, 3.05) is 7.05 Å². The number of hydrogen-bond donors (Lipinski definition) is 0. The molecule has 0 atom stereocenters. The van der Waals surface area contributed by atoms with Crippen molar-refractivity contribution in [3.63, 3.8) is 0 Å². The molecule has 0 radical (unpaired) electrons. The van der Waals surface area contributed by atoms with E-state index in [0.717, 1.165) is 11.3 Å². The molecule has 1 aromatic carbocycles. The van der Waals surface area contributed by atoms with E-state index in [1.54, 1.807) is 7.05 Å². The lowest BCUT2D eigenvalue weighted by Gasteiger charge is -2.10. The van der Waals surface area contributed by atoms with Crippen molar-refractivity contribution in [3.8, 4) is 0 Å². The highest BCUT2D eigenvalue weighted by Crippen LogP contribution is 2.25. The zero-order chi connectivity index (χ0) is 13.1. The van der Waals surface area contributed by atoms with Gasteiger partial charge >= 0.3 is 0 Å². The van der Waals surface area contributed by atoms with Crippen LogP contribution in [0.2, 0.25) is 0 Å². The van der Waals surface area contributed by atoms with Crippen molar-refractivity contribution in [2.45, 2.75) is 20.8 Å². The van der Waals surface area contributed by atoms with Crippen LogP contribution >= 0.6 is 0 Å². The van der Waals surface area contributed by atoms with Gasteiger partial charge in [0.05, 0.1) is 5.69 Å². The van der Waals surface area contributed by atoms with Crippen LogP contribution in [0, 0.1) is 13.8 Å². The highest BCUT2D eigenvalue weighted by atomic mass is 14.7. The molecule has 0 aliphatic carbocycles. The summed E-state index contributed by atoms with van der Waals surface area (Å²) in [4.78, 5) is 8.69.